The number of benzene rings is 1. The maximum absolute atomic E-state index is 5.61. The molecule has 1 aliphatic rings. The monoisotopic (exact) mass is 397 g/mol. The van der Waals surface area contributed by atoms with Gasteiger partial charge in [-0.05, 0) is 42.5 Å². The lowest BCUT2D eigenvalue weighted by Gasteiger charge is -2.34. The van der Waals surface area contributed by atoms with Crippen molar-refractivity contribution >= 4 is 18.2 Å². The van der Waals surface area contributed by atoms with Crippen molar-refractivity contribution in [3.05, 3.63) is 47.5 Å². The Hall–Kier alpha value is -2.78. The summed E-state index contributed by atoms with van der Waals surface area (Å²) in [4.78, 5) is 13.2. The van der Waals surface area contributed by atoms with Crippen LogP contribution in [0.4, 0.5) is 5.95 Å². The van der Waals surface area contributed by atoms with E-state index in [0.29, 0.717) is 11.4 Å². The Balaban J connectivity index is 1.45. The van der Waals surface area contributed by atoms with Crippen molar-refractivity contribution in [2.45, 2.75) is 6.67 Å². The number of hydrogen-bond acceptors (Lipinski definition) is 7. The van der Waals surface area contributed by atoms with Crippen LogP contribution in [0.15, 0.2) is 42.7 Å². The lowest BCUT2D eigenvalue weighted by Crippen LogP contribution is -2.47. The van der Waals surface area contributed by atoms with Gasteiger partial charge in [-0.2, -0.15) is 5.10 Å². The highest BCUT2D eigenvalue weighted by Gasteiger charge is 2.20. The van der Waals surface area contributed by atoms with Crippen LogP contribution in [0.1, 0.15) is 0 Å². The Bertz CT molecular complexity index is 976. The number of methoxy groups -OCH3 is 1. The van der Waals surface area contributed by atoms with Gasteiger partial charge < -0.3 is 14.2 Å². The second kappa shape index (κ2) is 8.07. The fraction of sp³-hybridized carbons (Fsp3) is 0.368. The number of rotatable bonds is 5. The van der Waals surface area contributed by atoms with Gasteiger partial charge >= 0.3 is 0 Å². The maximum atomic E-state index is 5.61. The van der Waals surface area contributed by atoms with E-state index in [-0.39, 0.29) is 0 Å². The fourth-order valence-corrected chi connectivity index (χ4v) is 3.49. The van der Waals surface area contributed by atoms with Gasteiger partial charge in [0.25, 0.3) is 0 Å². The molecule has 0 amide bonds. The molecule has 0 N–H and O–H groups in total. The van der Waals surface area contributed by atoms with Crippen LogP contribution < -0.4 is 9.64 Å². The van der Waals surface area contributed by atoms with E-state index >= 15 is 0 Å². The number of nitrogens with zero attached hydrogens (tertiary/aromatic N) is 7. The third-order valence-corrected chi connectivity index (χ3v) is 5.41. The average Bonchev–Trinajstić information content (AvgIpc) is 3.03. The molecule has 1 aromatic carbocycles. The molecule has 0 atom stereocenters. The van der Waals surface area contributed by atoms with Crippen LogP contribution in [0.5, 0.6) is 5.75 Å². The molecule has 0 aliphatic carbocycles. The van der Waals surface area contributed by atoms with Crippen LogP contribution in [0.2, 0.25) is 0 Å². The molecular formula is C19H23N7OS. The Morgan fingerprint density at radius 3 is 2.36 bits per heavy atom. The van der Waals surface area contributed by atoms with E-state index in [2.05, 4.69) is 19.8 Å². The fourth-order valence-electron chi connectivity index (χ4n) is 3.30. The van der Waals surface area contributed by atoms with Crippen molar-refractivity contribution < 1.29 is 4.74 Å². The molecule has 1 aliphatic heterocycles. The zero-order valence-corrected chi connectivity index (χ0v) is 16.8. The molecule has 146 valence electrons. The SMILES string of the molecule is COc1ccc(-c2nn(CN3CCN(c4ncccn4)CC3)c(=S)n2C)cc1. The minimum Gasteiger partial charge on any atom is -0.497 e. The zero-order chi connectivity index (χ0) is 19.5. The molecule has 0 bridgehead atoms. The number of hydrogen-bond donors (Lipinski definition) is 0. The standard InChI is InChI=1S/C19H23N7OS/c1-23-17(15-4-6-16(27-2)7-5-15)22-26(19(23)28)14-24-10-12-25(13-11-24)18-20-8-3-9-21-18/h3-9H,10-14H2,1-2H3. The first-order valence-electron chi connectivity index (χ1n) is 9.18. The Labute approximate surface area is 169 Å². The first-order valence-corrected chi connectivity index (χ1v) is 9.59. The summed E-state index contributed by atoms with van der Waals surface area (Å²) in [5, 5.41) is 4.76. The van der Waals surface area contributed by atoms with Crippen molar-refractivity contribution in [2.24, 2.45) is 7.05 Å². The minimum absolute atomic E-state index is 0.673. The predicted molar refractivity (Wildman–Crippen MR) is 110 cm³/mol. The molecule has 4 rings (SSSR count). The van der Waals surface area contributed by atoms with Crippen LogP contribution in [0, 0.1) is 4.77 Å². The van der Waals surface area contributed by atoms with Crippen molar-refractivity contribution in [3.63, 3.8) is 0 Å². The lowest BCUT2D eigenvalue weighted by atomic mass is 10.2. The van der Waals surface area contributed by atoms with Gasteiger partial charge in [0.1, 0.15) is 5.75 Å². The second-order valence-corrected chi connectivity index (χ2v) is 7.05. The normalized spacial score (nSPS) is 15.0. The molecule has 9 heteroatoms. The van der Waals surface area contributed by atoms with E-state index in [9.17, 15) is 0 Å². The molecule has 0 saturated carbocycles. The molecule has 8 nitrogen and oxygen atoms in total. The largest absolute Gasteiger partial charge is 0.497 e. The second-order valence-electron chi connectivity index (χ2n) is 6.69. The Kier molecular flexibility index (Phi) is 5.36. The van der Waals surface area contributed by atoms with E-state index in [1.54, 1.807) is 19.5 Å². The van der Waals surface area contributed by atoms with E-state index in [0.717, 1.165) is 49.3 Å². The summed E-state index contributed by atoms with van der Waals surface area (Å²) in [6.45, 7) is 4.26. The van der Waals surface area contributed by atoms with Gasteiger partial charge in [0, 0.05) is 51.2 Å². The van der Waals surface area contributed by atoms with Crippen LogP contribution in [-0.4, -0.2) is 62.5 Å². The van der Waals surface area contributed by atoms with Crippen LogP contribution in [0.3, 0.4) is 0 Å². The summed E-state index contributed by atoms with van der Waals surface area (Å²) in [7, 11) is 3.62. The van der Waals surface area contributed by atoms with E-state index in [1.807, 2.05) is 46.6 Å². The van der Waals surface area contributed by atoms with Gasteiger partial charge in [-0.25, -0.2) is 14.6 Å². The molecule has 28 heavy (non-hydrogen) atoms. The van der Waals surface area contributed by atoms with Crippen molar-refractivity contribution in [2.75, 3.05) is 38.2 Å². The van der Waals surface area contributed by atoms with Crippen LogP contribution >= 0.6 is 12.2 Å². The third-order valence-electron chi connectivity index (χ3n) is 4.93. The summed E-state index contributed by atoms with van der Waals surface area (Å²) in [5.74, 6) is 2.46. The highest BCUT2D eigenvalue weighted by atomic mass is 32.1. The van der Waals surface area contributed by atoms with Crippen LogP contribution in [0.25, 0.3) is 11.4 Å². The van der Waals surface area contributed by atoms with E-state index < -0.39 is 0 Å². The van der Waals surface area contributed by atoms with Gasteiger partial charge in [-0.15, -0.1) is 0 Å². The van der Waals surface area contributed by atoms with E-state index in [1.165, 1.54) is 0 Å². The average molecular weight is 398 g/mol. The summed E-state index contributed by atoms with van der Waals surface area (Å²) in [5.41, 5.74) is 1.01. The maximum Gasteiger partial charge on any atom is 0.225 e. The number of ether oxygens (including phenoxy) is 1. The molecule has 0 radical (unpaired) electrons. The van der Waals surface area contributed by atoms with Crippen molar-refractivity contribution in [1.82, 2.24) is 29.2 Å². The molecule has 0 unspecified atom stereocenters. The highest BCUT2D eigenvalue weighted by molar-refractivity contribution is 7.71. The lowest BCUT2D eigenvalue weighted by molar-refractivity contribution is 0.193. The minimum atomic E-state index is 0.673. The molecule has 1 fully saturated rings. The van der Waals surface area contributed by atoms with Gasteiger partial charge in [-0.3, -0.25) is 4.90 Å². The summed E-state index contributed by atoms with van der Waals surface area (Å²) in [6, 6.07) is 9.70. The quantitative estimate of drug-likeness (QED) is 0.612. The number of anilines is 1. The molecule has 2 aromatic heterocycles. The van der Waals surface area contributed by atoms with Gasteiger partial charge in [0.2, 0.25) is 5.95 Å². The molecular weight excluding hydrogens is 374 g/mol. The molecule has 1 saturated heterocycles. The summed E-state index contributed by atoms with van der Waals surface area (Å²) in [6.07, 6.45) is 3.56. The summed E-state index contributed by atoms with van der Waals surface area (Å²) < 4.78 is 9.78. The summed E-state index contributed by atoms with van der Waals surface area (Å²) >= 11 is 5.61. The predicted octanol–water partition coefficient (Wildman–Crippen LogP) is 2.20. The molecule has 3 heterocycles. The Morgan fingerprint density at radius 1 is 1.04 bits per heavy atom. The van der Waals surface area contributed by atoms with Gasteiger partial charge in [0.05, 0.1) is 13.8 Å². The Morgan fingerprint density at radius 2 is 1.71 bits per heavy atom. The first-order chi connectivity index (χ1) is 13.7. The smallest absolute Gasteiger partial charge is 0.225 e. The third kappa shape index (κ3) is 3.76. The molecule has 0 spiro atoms. The number of aromatic nitrogens is 5. The van der Waals surface area contributed by atoms with Gasteiger partial charge in [0.15, 0.2) is 10.6 Å². The van der Waals surface area contributed by atoms with Crippen molar-refractivity contribution in [3.8, 4) is 17.1 Å². The van der Waals surface area contributed by atoms with Gasteiger partial charge in [-0.1, -0.05) is 0 Å². The highest BCUT2D eigenvalue weighted by Crippen LogP contribution is 2.21. The number of piperazine rings is 1. The van der Waals surface area contributed by atoms with E-state index in [4.69, 9.17) is 22.1 Å². The zero-order valence-electron chi connectivity index (χ0n) is 16.0. The van der Waals surface area contributed by atoms with Crippen LogP contribution in [-0.2, 0) is 13.7 Å². The topological polar surface area (TPSA) is 64.2 Å². The first kappa shape index (κ1) is 18.6. The van der Waals surface area contributed by atoms with Crippen molar-refractivity contribution in [1.29, 1.82) is 0 Å². The molecule has 3 aromatic rings.